The van der Waals surface area contributed by atoms with E-state index in [4.69, 9.17) is 9.47 Å². The quantitative estimate of drug-likeness (QED) is 0.469. The van der Waals surface area contributed by atoms with Gasteiger partial charge in [0.1, 0.15) is 11.8 Å². The molecule has 1 fully saturated rings. The number of benzene rings is 2. The van der Waals surface area contributed by atoms with E-state index < -0.39 is 29.7 Å². The molecule has 1 saturated heterocycles. The first-order valence-corrected chi connectivity index (χ1v) is 10.8. The van der Waals surface area contributed by atoms with Crippen molar-refractivity contribution in [3.63, 3.8) is 0 Å². The Balaban J connectivity index is 2.04. The molecular formula is C25H26F3N2O4. The molecule has 0 saturated carbocycles. The third-order valence-corrected chi connectivity index (χ3v) is 5.51. The van der Waals surface area contributed by atoms with E-state index in [9.17, 15) is 22.8 Å². The molecule has 0 aliphatic carbocycles. The van der Waals surface area contributed by atoms with E-state index in [1.165, 1.54) is 42.4 Å². The summed E-state index contributed by atoms with van der Waals surface area (Å²) in [7, 11) is 3.07. The monoisotopic (exact) mass is 475 g/mol. The molecule has 1 atom stereocenters. The average molecular weight is 475 g/mol. The Hall–Kier alpha value is -3.33. The van der Waals surface area contributed by atoms with Crippen LogP contribution in [0.5, 0.6) is 5.75 Å². The predicted octanol–water partition coefficient (Wildman–Crippen LogP) is 3.90. The van der Waals surface area contributed by atoms with Gasteiger partial charge in [0, 0.05) is 36.8 Å². The van der Waals surface area contributed by atoms with Gasteiger partial charge in [0.15, 0.2) is 0 Å². The highest BCUT2D eigenvalue weighted by Crippen LogP contribution is 2.42. The number of halogens is 3. The highest BCUT2D eigenvalue weighted by Gasteiger charge is 2.36. The van der Waals surface area contributed by atoms with Gasteiger partial charge >= 0.3 is 12.1 Å². The van der Waals surface area contributed by atoms with Crippen molar-refractivity contribution in [1.29, 1.82) is 0 Å². The van der Waals surface area contributed by atoms with Gasteiger partial charge in [0.05, 0.1) is 19.3 Å². The Bertz CT molecular complexity index is 1070. The van der Waals surface area contributed by atoms with Gasteiger partial charge in [0.25, 0.3) is 0 Å². The number of methoxy groups -OCH3 is 1. The Morgan fingerprint density at radius 2 is 1.94 bits per heavy atom. The highest BCUT2D eigenvalue weighted by molar-refractivity contribution is 5.96. The summed E-state index contributed by atoms with van der Waals surface area (Å²) >= 11 is 0. The summed E-state index contributed by atoms with van der Waals surface area (Å²) in [5.41, 5.74) is -0.671. The van der Waals surface area contributed by atoms with Crippen LogP contribution in [0.1, 0.15) is 18.1 Å². The fourth-order valence-corrected chi connectivity index (χ4v) is 3.90. The SMILES string of the molecule is CCOc1ccccc1-c1c(C(F)(F)F)[c]ccc1/C=C/C(=O)N1CCN(C)CC1C(=O)OC. The van der Waals surface area contributed by atoms with Crippen LogP contribution < -0.4 is 4.74 Å². The van der Waals surface area contributed by atoms with Gasteiger partial charge in [-0.15, -0.1) is 0 Å². The van der Waals surface area contributed by atoms with E-state index in [0.717, 1.165) is 0 Å². The number of alkyl halides is 3. The zero-order valence-electron chi connectivity index (χ0n) is 19.2. The topological polar surface area (TPSA) is 59.1 Å². The molecule has 34 heavy (non-hydrogen) atoms. The van der Waals surface area contributed by atoms with E-state index >= 15 is 0 Å². The predicted molar refractivity (Wildman–Crippen MR) is 121 cm³/mol. The molecular weight excluding hydrogens is 449 g/mol. The molecule has 1 amide bonds. The molecule has 2 aromatic carbocycles. The average Bonchev–Trinajstić information content (AvgIpc) is 2.81. The third kappa shape index (κ3) is 5.59. The first-order chi connectivity index (χ1) is 16.2. The summed E-state index contributed by atoms with van der Waals surface area (Å²) < 4.78 is 52.1. The minimum Gasteiger partial charge on any atom is -0.493 e. The molecule has 0 spiro atoms. The zero-order chi connectivity index (χ0) is 24.9. The van der Waals surface area contributed by atoms with E-state index in [2.05, 4.69) is 6.07 Å². The number of carbonyl (C=O) groups excluding carboxylic acids is 2. The molecule has 3 rings (SSSR count). The van der Waals surface area contributed by atoms with Crippen LogP contribution in [0.15, 0.2) is 42.5 Å². The summed E-state index contributed by atoms with van der Waals surface area (Å²) in [6.45, 7) is 3.16. The molecule has 1 aliphatic rings. The highest BCUT2D eigenvalue weighted by atomic mass is 19.4. The Kier molecular flexibility index (Phi) is 7.98. The number of para-hydroxylation sites is 1. The van der Waals surface area contributed by atoms with Gasteiger partial charge in [0.2, 0.25) is 5.91 Å². The summed E-state index contributed by atoms with van der Waals surface area (Å²) in [5.74, 6) is -0.747. The second-order valence-electron chi connectivity index (χ2n) is 7.78. The second-order valence-corrected chi connectivity index (χ2v) is 7.78. The first kappa shape index (κ1) is 25.3. The molecule has 1 heterocycles. The standard InChI is InChI=1S/C25H26F3N2O4/c1-4-34-21-11-6-5-9-18(21)23-17(8-7-10-19(23)25(26,27)28)12-13-22(31)30-15-14-29(2)16-20(30)24(32)33-3/h5-9,11-13,20H,4,14-16H2,1-3H3/b13-12+. The van der Waals surface area contributed by atoms with Crippen molar-refractivity contribution >= 4 is 18.0 Å². The molecule has 2 aromatic rings. The van der Waals surface area contributed by atoms with Gasteiger partial charge in [-0.1, -0.05) is 30.3 Å². The van der Waals surface area contributed by atoms with Crippen LogP contribution in [0.25, 0.3) is 17.2 Å². The fourth-order valence-electron chi connectivity index (χ4n) is 3.90. The lowest BCUT2D eigenvalue weighted by Crippen LogP contribution is -2.57. The van der Waals surface area contributed by atoms with Crippen molar-refractivity contribution in [2.75, 3.05) is 40.4 Å². The lowest BCUT2D eigenvalue weighted by atomic mass is 9.93. The molecule has 1 aliphatic heterocycles. The fraction of sp³-hybridized carbons (Fsp3) is 0.360. The summed E-state index contributed by atoms with van der Waals surface area (Å²) in [5, 5.41) is 0. The van der Waals surface area contributed by atoms with E-state index in [0.29, 0.717) is 18.8 Å². The van der Waals surface area contributed by atoms with E-state index in [-0.39, 0.29) is 29.8 Å². The second kappa shape index (κ2) is 10.7. The first-order valence-electron chi connectivity index (χ1n) is 10.8. The number of ether oxygens (including phenoxy) is 2. The minimum absolute atomic E-state index is 0.133. The molecule has 0 bridgehead atoms. The number of carbonyl (C=O) groups is 2. The van der Waals surface area contributed by atoms with Gasteiger partial charge in [-0.25, -0.2) is 4.79 Å². The molecule has 6 nitrogen and oxygen atoms in total. The minimum atomic E-state index is -4.67. The number of hydrogen-bond acceptors (Lipinski definition) is 5. The number of amides is 1. The van der Waals surface area contributed by atoms with Crippen LogP contribution in [-0.2, 0) is 20.5 Å². The molecule has 181 valence electrons. The molecule has 0 N–H and O–H groups in total. The van der Waals surface area contributed by atoms with Crippen LogP contribution in [-0.4, -0.2) is 68.1 Å². The van der Waals surface area contributed by atoms with Gasteiger partial charge < -0.3 is 19.3 Å². The third-order valence-electron chi connectivity index (χ3n) is 5.51. The Labute approximate surface area is 196 Å². The van der Waals surface area contributed by atoms with Crippen LogP contribution in [0.2, 0.25) is 0 Å². The van der Waals surface area contributed by atoms with Crippen LogP contribution in [0.4, 0.5) is 13.2 Å². The van der Waals surface area contributed by atoms with Crippen LogP contribution >= 0.6 is 0 Å². The maximum Gasteiger partial charge on any atom is 0.417 e. The largest absolute Gasteiger partial charge is 0.493 e. The van der Waals surface area contributed by atoms with Crippen molar-refractivity contribution in [2.45, 2.75) is 19.1 Å². The van der Waals surface area contributed by atoms with Gasteiger partial charge in [-0.2, -0.15) is 13.2 Å². The number of nitrogens with zero attached hydrogens (tertiary/aromatic N) is 2. The number of hydrogen-bond donors (Lipinski definition) is 0. The van der Waals surface area contributed by atoms with Crippen LogP contribution in [0.3, 0.4) is 0 Å². The van der Waals surface area contributed by atoms with Gasteiger partial charge in [-0.3, -0.25) is 4.79 Å². The summed E-state index contributed by atoms with van der Waals surface area (Å²) in [6.07, 6.45) is -2.16. The molecule has 1 unspecified atom stereocenters. The van der Waals surface area contributed by atoms with Crippen molar-refractivity contribution in [1.82, 2.24) is 9.80 Å². The Morgan fingerprint density at radius 3 is 2.62 bits per heavy atom. The van der Waals surface area contributed by atoms with Gasteiger partial charge in [-0.05, 0) is 37.7 Å². The number of rotatable bonds is 6. The van der Waals surface area contributed by atoms with E-state index in [1.54, 1.807) is 25.1 Å². The summed E-state index contributed by atoms with van der Waals surface area (Å²) in [6, 6.07) is 10.6. The van der Waals surface area contributed by atoms with Crippen molar-refractivity contribution < 1.29 is 32.2 Å². The number of esters is 1. The lowest BCUT2D eigenvalue weighted by Gasteiger charge is -2.37. The smallest absolute Gasteiger partial charge is 0.417 e. The van der Waals surface area contributed by atoms with Crippen molar-refractivity contribution in [3.05, 3.63) is 59.7 Å². The maximum atomic E-state index is 13.9. The van der Waals surface area contributed by atoms with Crippen molar-refractivity contribution in [2.24, 2.45) is 0 Å². The molecule has 1 radical (unpaired) electrons. The number of likely N-dealkylation sites (N-methyl/N-ethyl adjacent to an activating group) is 1. The van der Waals surface area contributed by atoms with Crippen LogP contribution in [0, 0.1) is 6.07 Å². The van der Waals surface area contributed by atoms with E-state index in [1.807, 2.05) is 11.9 Å². The number of piperazine rings is 1. The maximum absolute atomic E-state index is 13.9. The lowest BCUT2D eigenvalue weighted by molar-refractivity contribution is -0.154. The zero-order valence-corrected chi connectivity index (χ0v) is 19.2. The Morgan fingerprint density at radius 1 is 1.21 bits per heavy atom. The summed E-state index contributed by atoms with van der Waals surface area (Å²) in [4.78, 5) is 28.4. The molecule has 0 aromatic heterocycles. The molecule has 9 heteroatoms. The normalized spacial score (nSPS) is 17.1. The van der Waals surface area contributed by atoms with Crippen molar-refractivity contribution in [3.8, 4) is 16.9 Å².